The van der Waals surface area contributed by atoms with E-state index in [0.717, 1.165) is 31.4 Å². The molecule has 47 heavy (non-hydrogen) atoms. The van der Waals surface area contributed by atoms with E-state index in [1.165, 1.54) is 0 Å². The van der Waals surface area contributed by atoms with Gasteiger partial charge in [0.2, 0.25) is 0 Å². The summed E-state index contributed by atoms with van der Waals surface area (Å²) < 4.78 is 191. The van der Waals surface area contributed by atoms with Crippen LogP contribution < -0.4 is 14.6 Å². The van der Waals surface area contributed by atoms with Gasteiger partial charge in [0.25, 0.3) is 5.88 Å². The number of rotatable bonds is 11. The van der Waals surface area contributed by atoms with E-state index in [1.807, 2.05) is 11.8 Å². The van der Waals surface area contributed by atoms with Gasteiger partial charge in [-0.25, -0.2) is 10.1 Å². The highest BCUT2D eigenvalue weighted by atomic mass is 35.5. The SMILES string of the molecule is CCN(CC1CC(C2CNN(c3c(C(F)(F)F)c(OS(=O)(=O)C(F)(F)C(F)(F)C(F)(F)C(F)(F)F)nn3C)C2)CN(C)C1Cl)C1CC1. The van der Waals surface area contributed by atoms with Crippen molar-refractivity contribution >= 4 is 27.5 Å². The fourth-order valence-corrected chi connectivity index (χ4v) is 7.17. The van der Waals surface area contributed by atoms with E-state index >= 15 is 0 Å². The first-order chi connectivity index (χ1) is 21.3. The van der Waals surface area contributed by atoms with E-state index in [0.29, 0.717) is 30.2 Å². The second kappa shape index (κ2) is 12.4. The Morgan fingerprint density at radius 2 is 1.55 bits per heavy atom. The molecule has 272 valence electrons. The average molecular weight is 747 g/mol. The van der Waals surface area contributed by atoms with Crippen molar-refractivity contribution in [2.24, 2.45) is 24.8 Å². The van der Waals surface area contributed by atoms with Crippen LogP contribution in [0.15, 0.2) is 0 Å². The third-order valence-electron chi connectivity index (χ3n) is 8.65. The molecule has 0 spiro atoms. The molecule has 4 unspecified atom stereocenters. The number of hydrazine groups is 1. The predicted molar refractivity (Wildman–Crippen MR) is 142 cm³/mol. The minimum absolute atomic E-state index is 0.00724. The van der Waals surface area contributed by atoms with Crippen molar-refractivity contribution in [2.45, 2.75) is 67.2 Å². The highest BCUT2D eigenvalue weighted by Crippen LogP contribution is 2.55. The minimum Gasteiger partial charge on any atom is -0.355 e. The zero-order chi connectivity index (χ0) is 35.7. The number of alkyl halides is 13. The van der Waals surface area contributed by atoms with Crippen LogP contribution in [0.4, 0.5) is 58.5 Å². The molecule has 23 heteroatoms. The van der Waals surface area contributed by atoms with Crippen LogP contribution in [0.2, 0.25) is 0 Å². The number of nitrogens with one attached hydrogen (secondary N) is 1. The molecular weight excluding hydrogens is 716 g/mol. The van der Waals surface area contributed by atoms with Gasteiger partial charge in [-0.1, -0.05) is 6.92 Å². The first kappa shape index (κ1) is 37.9. The summed E-state index contributed by atoms with van der Waals surface area (Å²) in [6.07, 6.45) is -10.3. The van der Waals surface area contributed by atoms with Crippen LogP contribution in [0.25, 0.3) is 0 Å². The summed E-state index contributed by atoms with van der Waals surface area (Å²) in [6.45, 7) is 3.85. The van der Waals surface area contributed by atoms with Gasteiger partial charge in [-0.3, -0.25) is 9.91 Å². The number of halogens is 13. The molecule has 1 saturated carbocycles. The number of hydrogen-bond acceptors (Lipinski definition) is 8. The summed E-state index contributed by atoms with van der Waals surface area (Å²) in [6, 6.07) is 0.455. The normalized spacial score (nSPS) is 26.0. The van der Waals surface area contributed by atoms with Gasteiger partial charge in [-0.2, -0.15) is 61.1 Å². The lowest BCUT2D eigenvalue weighted by Crippen LogP contribution is -2.63. The minimum atomic E-state index is -7.71. The maximum atomic E-state index is 14.2. The molecule has 0 bridgehead atoms. The third kappa shape index (κ3) is 6.81. The van der Waals surface area contributed by atoms with Crippen LogP contribution in [-0.2, 0) is 23.3 Å². The quantitative estimate of drug-likeness (QED) is 0.145. The Labute approximate surface area is 266 Å². The number of piperidine rings is 1. The van der Waals surface area contributed by atoms with E-state index in [9.17, 15) is 61.1 Å². The smallest absolute Gasteiger partial charge is 0.355 e. The lowest BCUT2D eigenvalue weighted by molar-refractivity contribution is -0.382. The number of aromatic nitrogens is 2. The van der Waals surface area contributed by atoms with Crippen molar-refractivity contribution in [3.8, 4) is 5.88 Å². The van der Waals surface area contributed by atoms with Crippen molar-refractivity contribution < 1.29 is 65.3 Å². The van der Waals surface area contributed by atoms with Gasteiger partial charge in [0.15, 0.2) is 11.4 Å². The molecule has 1 aromatic heterocycles. The monoisotopic (exact) mass is 746 g/mol. The second-order valence-corrected chi connectivity index (χ2v) is 14.0. The Morgan fingerprint density at radius 3 is 2.06 bits per heavy atom. The lowest BCUT2D eigenvalue weighted by atomic mass is 9.80. The van der Waals surface area contributed by atoms with Gasteiger partial charge < -0.3 is 9.08 Å². The fraction of sp³-hybridized carbons (Fsp3) is 0.875. The number of nitrogens with zero attached hydrogens (tertiary/aromatic N) is 5. The summed E-state index contributed by atoms with van der Waals surface area (Å²) in [5, 5.41) is -3.48. The van der Waals surface area contributed by atoms with Crippen LogP contribution in [0.5, 0.6) is 5.88 Å². The number of likely N-dealkylation sites (tertiary alicyclic amines) is 1. The summed E-state index contributed by atoms with van der Waals surface area (Å²) in [4.78, 5) is 4.21. The highest BCUT2D eigenvalue weighted by Gasteiger charge is 2.86. The van der Waals surface area contributed by atoms with Gasteiger partial charge in [0.1, 0.15) is 0 Å². The first-order valence-electron chi connectivity index (χ1n) is 14.2. The predicted octanol–water partition coefficient (Wildman–Crippen LogP) is 5.13. The van der Waals surface area contributed by atoms with Crippen LogP contribution >= 0.6 is 11.6 Å². The molecule has 3 fully saturated rings. The molecule has 1 N–H and O–H groups in total. The molecule has 4 rings (SSSR count). The van der Waals surface area contributed by atoms with Gasteiger partial charge in [0.05, 0.1) is 5.50 Å². The molecule has 0 amide bonds. The second-order valence-electron chi connectivity index (χ2n) is 11.9. The number of anilines is 1. The van der Waals surface area contributed by atoms with Gasteiger partial charge in [-0.15, -0.1) is 16.7 Å². The molecule has 3 aliphatic rings. The average Bonchev–Trinajstić information content (AvgIpc) is 3.55. The lowest BCUT2D eigenvalue weighted by Gasteiger charge is -2.43. The Morgan fingerprint density at radius 1 is 0.957 bits per heavy atom. The van der Waals surface area contributed by atoms with Crippen molar-refractivity contribution in [3.63, 3.8) is 0 Å². The van der Waals surface area contributed by atoms with Crippen molar-refractivity contribution in [1.29, 1.82) is 0 Å². The molecular formula is C24H31ClF12N6O3S. The molecule has 0 radical (unpaired) electrons. The standard InChI is InChI=1S/C24H31ClF12N6O3S/c1-4-42(15-5-6-15)10-13-7-12(9-40(2)17(13)25)14-8-38-43(11-14)19-16(20(26,27)28)18(39-41(19)3)46-47(44,45)24(36,37)22(31,32)21(29,30)23(33,34)35/h12-15,17,38H,4-11H2,1-3H3. The zero-order valence-electron chi connectivity index (χ0n) is 24.8. The number of aryl methyl sites for hydroxylation is 1. The van der Waals surface area contributed by atoms with Crippen molar-refractivity contribution in [1.82, 2.24) is 25.0 Å². The maximum absolute atomic E-state index is 14.2. The van der Waals surface area contributed by atoms with Crippen molar-refractivity contribution in [2.75, 3.05) is 44.8 Å². The molecule has 2 saturated heterocycles. The summed E-state index contributed by atoms with van der Waals surface area (Å²) in [5.41, 5.74) is 0.164. The largest absolute Gasteiger partial charge is 0.460 e. The first-order valence-corrected chi connectivity index (χ1v) is 16.0. The summed E-state index contributed by atoms with van der Waals surface area (Å²) >= 11 is 6.69. The Balaban J connectivity index is 1.60. The van der Waals surface area contributed by atoms with Crippen LogP contribution in [0, 0.1) is 17.8 Å². The van der Waals surface area contributed by atoms with Crippen LogP contribution in [0.3, 0.4) is 0 Å². The maximum Gasteiger partial charge on any atom is 0.460 e. The number of hydrogen-bond donors (Lipinski definition) is 1. The molecule has 1 aromatic rings. The fourth-order valence-electron chi connectivity index (χ4n) is 6.04. The van der Waals surface area contributed by atoms with Gasteiger partial charge in [0, 0.05) is 45.2 Å². The highest BCUT2D eigenvalue weighted by molar-refractivity contribution is 7.88. The molecule has 1 aliphatic carbocycles. The Kier molecular flexibility index (Phi) is 10.0. The van der Waals surface area contributed by atoms with Crippen LogP contribution in [-0.4, -0.2) is 103 Å². The Bertz CT molecular complexity index is 1400. The molecule has 4 atom stereocenters. The zero-order valence-corrected chi connectivity index (χ0v) is 26.4. The van der Waals surface area contributed by atoms with E-state index in [4.69, 9.17) is 11.6 Å². The van der Waals surface area contributed by atoms with E-state index in [-0.39, 0.29) is 36.3 Å². The summed E-state index contributed by atoms with van der Waals surface area (Å²) in [7, 11) is -5.11. The molecule has 2 aliphatic heterocycles. The van der Waals surface area contributed by atoms with E-state index in [1.54, 1.807) is 7.05 Å². The molecule has 9 nitrogen and oxygen atoms in total. The van der Waals surface area contributed by atoms with Crippen molar-refractivity contribution in [3.05, 3.63) is 5.56 Å². The third-order valence-corrected chi connectivity index (χ3v) is 10.6. The molecule has 3 heterocycles. The van der Waals surface area contributed by atoms with E-state index < -0.39 is 56.8 Å². The van der Waals surface area contributed by atoms with Crippen LogP contribution in [0.1, 0.15) is 31.7 Å². The Hall–Kier alpha value is -1.91. The summed E-state index contributed by atoms with van der Waals surface area (Å²) in [5.74, 6) is -19.2. The topological polar surface area (TPSA) is 82.9 Å². The molecule has 0 aromatic carbocycles. The van der Waals surface area contributed by atoms with Gasteiger partial charge in [-0.05, 0) is 44.7 Å². The van der Waals surface area contributed by atoms with Gasteiger partial charge >= 0.3 is 39.6 Å². The van der Waals surface area contributed by atoms with E-state index in [2.05, 4.69) is 19.6 Å².